The van der Waals surface area contributed by atoms with Crippen molar-refractivity contribution in [3.8, 4) is 0 Å². The Morgan fingerprint density at radius 1 is 1.14 bits per heavy atom. The van der Waals surface area contributed by atoms with Crippen molar-refractivity contribution in [3.63, 3.8) is 0 Å². The number of nitrogens with two attached hydrogens (primary N) is 2. The van der Waals surface area contributed by atoms with Crippen LogP contribution in [0.25, 0.3) is 0 Å². The van der Waals surface area contributed by atoms with Crippen molar-refractivity contribution in [1.82, 2.24) is 0 Å². The van der Waals surface area contributed by atoms with Gasteiger partial charge in [0.15, 0.2) is 0 Å². The normalized spacial score (nSPS) is 11.1. The Balaban J connectivity index is 2.30. The van der Waals surface area contributed by atoms with Crippen molar-refractivity contribution in [2.45, 2.75) is 4.90 Å². The van der Waals surface area contributed by atoms with Crippen LogP contribution in [0, 0.1) is 0 Å². The maximum atomic E-state index is 12.1. The van der Waals surface area contributed by atoms with E-state index in [1.54, 1.807) is 12.1 Å². The Hall–Kier alpha value is -2.09. The summed E-state index contributed by atoms with van der Waals surface area (Å²) in [6.07, 6.45) is 0. The second-order valence-electron chi connectivity index (χ2n) is 4.23. The molecule has 0 atom stereocenters. The summed E-state index contributed by atoms with van der Waals surface area (Å²) in [6, 6.07) is 10.3. The lowest BCUT2D eigenvalue weighted by Crippen LogP contribution is -2.16. The molecule has 0 aliphatic rings. The first kappa shape index (κ1) is 15.3. The number of hydrogen-bond donors (Lipinski definition) is 3. The molecular formula is C13H12ClN3O3S. The Labute approximate surface area is 126 Å². The summed E-state index contributed by atoms with van der Waals surface area (Å²) in [6.45, 7) is 0. The number of benzene rings is 2. The van der Waals surface area contributed by atoms with E-state index < -0.39 is 15.9 Å². The third-order valence-corrected chi connectivity index (χ3v) is 3.96. The number of hydrogen-bond acceptors (Lipinski definition) is 4. The van der Waals surface area contributed by atoms with Crippen LogP contribution in [-0.4, -0.2) is 14.3 Å². The number of carbonyl (C=O) groups excluding carboxylic acids is 1. The average Bonchev–Trinajstić information content (AvgIpc) is 2.41. The Kier molecular flexibility index (Phi) is 4.17. The molecule has 2 rings (SSSR count). The molecule has 0 aromatic heterocycles. The van der Waals surface area contributed by atoms with Crippen LogP contribution in [0.15, 0.2) is 47.4 Å². The van der Waals surface area contributed by atoms with Gasteiger partial charge >= 0.3 is 0 Å². The van der Waals surface area contributed by atoms with E-state index in [0.29, 0.717) is 0 Å². The van der Waals surface area contributed by atoms with Crippen LogP contribution in [0.4, 0.5) is 11.4 Å². The lowest BCUT2D eigenvalue weighted by Gasteiger charge is -2.09. The largest absolute Gasteiger partial charge is 0.397 e. The fraction of sp³-hybridized carbons (Fsp3) is 0. The van der Waals surface area contributed by atoms with E-state index in [2.05, 4.69) is 5.32 Å². The fourth-order valence-electron chi connectivity index (χ4n) is 1.68. The van der Waals surface area contributed by atoms with Crippen molar-refractivity contribution in [2.75, 3.05) is 11.1 Å². The van der Waals surface area contributed by atoms with Gasteiger partial charge in [0, 0.05) is 5.69 Å². The molecule has 6 nitrogen and oxygen atoms in total. The lowest BCUT2D eigenvalue weighted by molar-refractivity contribution is 0.102. The minimum atomic E-state index is -3.84. The van der Waals surface area contributed by atoms with Crippen molar-refractivity contribution in [1.29, 1.82) is 0 Å². The second kappa shape index (κ2) is 5.72. The van der Waals surface area contributed by atoms with Crippen LogP contribution in [-0.2, 0) is 10.0 Å². The van der Waals surface area contributed by atoms with E-state index in [-0.39, 0.29) is 26.9 Å². The maximum absolute atomic E-state index is 12.1. The molecule has 0 fully saturated rings. The average molecular weight is 326 g/mol. The van der Waals surface area contributed by atoms with E-state index in [9.17, 15) is 13.2 Å². The minimum Gasteiger partial charge on any atom is -0.397 e. The first-order valence-corrected chi connectivity index (χ1v) is 7.69. The Bertz CT molecular complexity index is 806. The first-order chi connectivity index (χ1) is 9.79. The number of halogens is 1. The summed E-state index contributed by atoms with van der Waals surface area (Å²) < 4.78 is 22.5. The summed E-state index contributed by atoms with van der Waals surface area (Å²) in [5.74, 6) is -0.499. The zero-order chi connectivity index (χ0) is 15.6. The summed E-state index contributed by atoms with van der Waals surface area (Å²) in [5, 5.41) is 7.84. The van der Waals surface area contributed by atoms with Crippen LogP contribution in [0.2, 0.25) is 5.02 Å². The van der Waals surface area contributed by atoms with Crippen molar-refractivity contribution in [3.05, 3.63) is 53.1 Å². The number of nitrogens with one attached hydrogen (secondary N) is 1. The van der Waals surface area contributed by atoms with E-state index >= 15 is 0 Å². The van der Waals surface area contributed by atoms with Gasteiger partial charge in [-0.2, -0.15) is 0 Å². The molecule has 2 aromatic carbocycles. The first-order valence-electron chi connectivity index (χ1n) is 5.77. The predicted molar refractivity (Wildman–Crippen MR) is 81.6 cm³/mol. The zero-order valence-corrected chi connectivity index (χ0v) is 12.3. The van der Waals surface area contributed by atoms with Crippen LogP contribution < -0.4 is 16.2 Å². The number of para-hydroxylation sites is 1. The highest BCUT2D eigenvalue weighted by molar-refractivity contribution is 7.89. The number of amides is 1. The lowest BCUT2D eigenvalue weighted by atomic mass is 10.1. The number of carbonyl (C=O) groups is 1. The van der Waals surface area contributed by atoms with Gasteiger partial charge < -0.3 is 11.1 Å². The summed E-state index contributed by atoms with van der Waals surface area (Å²) in [5.41, 5.74) is 6.36. The standard InChI is InChI=1S/C13H12ClN3O3S/c14-11-6-2-5-10(12(11)15)13(18)17-8-3-1-4-9(7-8)21(16,19)20/h1-7H,15H2,(H,17,18)(H2,16,19,20). The summed E-state index contributed by atoms with van der Waals surface area (Å²) >= 11 is 5.85. The molecule has 0 saturated carbocycles. The molecular weight excluding hydrogens is 314 g/mol. The van der Waals surface area contributed by atoms with Gasteiger partial charge in [-0.1, -0.05) is 23.7 Å². The highest BCUT2D eigenvalue weighted by Crippen LogP contribution is 2.23. The molecule has 0 saturated heterocycles. The quantitative estimate of drug-likeness (QED) is 0.746. The number of primary sulfonamides is 1. The zero-order valence-electron chi connectivity index (χ0n) is 10.7. The van der Waals surface area contributed by atoms with Crippen LogP contribution in [0.1, 0.15) is 10.4 Å². The molecule has 0 spiro atoms. The molecule has 8 heteroatoms. The van der Waals surface area contributed by atoms with Gasteiger partial charge in [-0.3, -0.25) is 4.79 Å². The van der Waals surface area contributed by atoms with Gasteiger partial charge in [0.2, 0.25) is 10.0 Å². The highest BCUT2D eigenvalue weighted by Gasteiger charge is 2.13. The number of rotatable bonds is 3. The summed E-state index contributed by atoms with van der Waals surface area (Å²) in [4.78, 5) is 12.0. The summed E-state index contributed by atoms with van der Waals surface area (Å²) in [7, 11) is -3.84. The predicted octanol–water partition coefficient (Wildman–Crippen LogP) is 1.82. The second-order valence-corrected chi connectivity index (χ2v) is 6.20. The number of nitrogen functional groups attached to an aromatic ring is 1. The molecule has 0 aliphatic carbocycles. The number of sulfonamides is 1. The van der Waals surface area contributed by atoms with Crippen molar-refractivity contribution >= 4 is 38.9 Å². The molecule has 0 bridgehead atoms. The van der Waals surface area contributed by atoms with Gasteiger partial charge in [0.05, 0.1) is 21.2 Å². The van der Waals surface area contributed by atoms with Gasteiger partial charge in [-0.25, -0.2) is 13.6 Å². The smallest absolute Gasteiger partial charge is 0.257 e. The van der Waals surface area contributed by atoms with Gasteiger partial charge in [0.1, 0.15) is 0 Å². The SMILES string of the molecule is Nc1c(Cl)cccc1C(=O)Nc1cccc(S(N)(=O)=O)c1. The fourth-order valence-corrected chi connectivity index (χ4v) is 2.42. The van der Waals surface area contributed by atoms with Gasteiger partial charge in [0.25, 0.3) is 5.91 Å². The van der Waals surface area contributed by atoms with Crippen LogP contribution in [0.3, 0.4) is 0 Å². The third-order valence-electron chi connectivity index (χ3n) is 2.72. The maximum Gasteiger partial charge on any atom is 0.257 e. The highest BCUT2D eigenvalue weighted by atomic mass is 35.5. The van der Waals surface area contributed by atoms with Crippen LogP contribution in [0.5, 0.6) is 0 Å². The van der Waals surface area contributed by atoms with E-state index in [1.165, 1.54) is 30.3 Å². The molecule has 0 aliphatic heterocycles. The molecule has 2 aromatic rings. The Morgan fingerprint density at radius 3 is 2.48 bits per heavy atom. The molecule has 0 radical (unpaired) electrons. The topological polar surface area (TPSA) is 115 Å². The van der Waals surface area contributed by atoms with Gasteiger partial charge in [-0.15, -0.1) is 0 Å². The third kappa shape index (κ3) is 3.52. The molecule has 1 amide bonds. The molecule has 0 unspecified atom stereocenters. The van der Waals surface area contributed by atoms with Crippen LogP contribution >= 0.6 is 11.6 Å². The molecule has 0 heterocycles. The molecule has 21 heavy (non-hydrogen) atoms. The van der Waals surface area contributed by atoms with E-state index in [4.69, 9.17) is 22.5 Å². The van der Waals surface area contributed by atoms with Crippen molar-refractivity contribution in [2.24, 2.45) is 5.14 Å². The van der Waals surface area contributed by atoms with Crippen molar-refractivity contribution < 1.29 is 13.2 Å². The Morgan fingerprint density at radius 2 is 1.81 bits per heavy atom. The molecule has 5 N–H and O–H groups in total. The number of anilines is 2. The monoisotopic (exact) mass is 325 g/mol. The van der Waals surface area contributed by atoms with E-state index in [1.807, 2.05) is 0 Å². The molecule has 110 valence electrons. The minimum absolute atomic E-state index is 0.0978. The van der Waals surface area contributed by atoms with E-state index in [0.717, 1.165) is 0 Å². The van der Waals surface area contributed by atoms with Gasteiger partial charge in [-0.05, 0) is 30.3 Å².